The van der Waals surface area contributed by atoms with Crippen LogP contribution in [0.5, 0.6) is 0 Å². The van der Waals surface area contributed by atoms with E-state index in [1.165, 1.54) is 0 Å². The Labute approximate surface area is 86.9 Å². The molecule has 1 saturated heterocycles. The second-order valence-corrected chi connectivity index (χ2v) is 5.10. The molecule has 1 amide bonds. The van der Waals surface area contributed by atoms with Gasteiger partial charge in [0.15, 0.2) is 0 Å². The van der Waals surface area contributed by atoms with Gasteiger partial charge in [-0.2, -0.15) is 0 Å². The molecule has 3 heteroatoms. The maximum atomic E-state index is 12.1. The Morgan fingerprint density at radius 2 is 2.14 bits per heavy atom. The van der Waals surface area contributed by atoms with Crippen molar-refractivity contribution in [3.05, 3.63) is 0 Å². The maximum absolute atomic E-state index is 12.1. The number of hydrogen-bond acceptors (Lipinski definition) is 2. The van der Waals surface area contributed by atoms with E-state index >= 15 is 0 Å². The molecular formula is C11H22N2O. The number of amides is 1. The lowest BCUT2D eigenvalue weighted by Crippen LogP contribution is -2.45. The minimum absolute atomic E-state index is 0.240. The van der Waals surface area contributed by atoms with Crippen LogP contribution in [0, 0.1) is 5.41 Å². The van der Waals surface area contributed by atoms with Crippen LogP contribution in [-0.2, 0) is 4.79 Å². The molecule has 0 aromatic heterocycles. The number of carbonyl (C=O) groups is 1. The van der Waals surface area contributed by atoms with Crippen molar-refractivity contribution in [1.82, 2.24) is 10.2 Å². The lowest BCUT2D eigenvalue weighted by molar-refractivity contribution is -0.140. The summed E-state index contributed by atoms with van der Waals surface area (Å²) in [4.78, 5) is 14.1. The van der Waals surface area contributed by atoms with Gasteiger partial charge in [-0.3, -0.25) is 4.79 Å². The van der Waals surface area contributed by atoms with Crippen LogP contribution in [0.2, 0.25) is 0 Å². The zero-order valence-corrected chi connectivity index (χ0v) is 9.76. The highest BCUT2D eigenvalue weighted by molar-refractivity contribution is 5.82. The Morgan fingerprint density at radius 3 is 2.64 bits per heavy atom. The largest absolute Gasteiger partial charge is 0.338 e. The van der Waals surface area contributed by atoms with Gasteiger partial charge in [-0.25, -0.2) is 0 Å². The highest BCUT2D eigenvalue weighted by atomic mass is 16.2. The van der Waals surface area contributed by atoms with E-state index in [2.05, 4.69) is 5.32 Å². The summed E-state index contributed by atoms with van der Waals surface area (Å²) in [5.74, 6) is 0.287. The Morgan fingerprint density at radius 1 is 1.50 bits per heavy atom. The smallest absolute Gasteiger partial charge is 0.228 e. The van der Waals surface area contributed by atoms with E-state index in [-0.39, 0.29) is 11.3 Å². The first-order valence-corrected chi connectivity index (χ1v) is 5.42. The third-order valence-electron chi connectivity index (χ3n) is 2.72. The number of hydrogen-bond donors (Lipinski definition) is 1. The predicted octanol–water partition coefficient (Wildman–Crippen LogP) is 1.24. The van der Waals surface area contributed by atoms with Gasteiger partial charge in [0, 0.05) is 24.5 Å². The van der Waals surface area contributed by atoms with Gasteiger partial charge in [-0.05, 0) is 19.9 Å². The Kier molecular flexibility index (Phi) is 3.53. The normalized spacial score (nSPS) is 22.9. The van der Waals surface area contributed by atoms with Gasteiger partial charge in [0.05, 0.1) is 0 Å². The van der Waals surface area contributed by atoms with E-state index in [0.717, 1.165) is 25.9 Å². The van der Waals surface area contributed by atoms with Gasteiger partial charge in [-0.15, -0.1) is 0 Å². The molecule has 1 N–H and O–H groups in total. The molecule has 3 nitrogen and oxygen atoms in total. The van der Waals surface area contributed by atoms with Crippen molar-refractivity contribution in [2.45, 2.75) is 39.7 Å². The van der Waals surface area contributed by atoms with Crippen LogP contribution in [0.1, 0.15) is 33.6 Å². The van der Waals surface area contributed by atoms with Crippen LogP contribution >= 0.6 is 0 Å². The SMILES string of the molecule is CNCC1CCCN1C(=O)C(C)(C)C. The Balaban J connectivity index is 2.62. The summed E-state index contributed by atoms with van der Waals surface area (Å²) in [6.07, 6.45) is 2.29. The lowest BCUT2D eigenvalue weighted by Gasteiger charge is -2.30. The standard InChI is InChI=1S/C11H22N2O/c1-11(2,3)10(14)13-7-5-6-9(13)8-12-4/h9,12H,5-8H2,1-4H3. The quantitative estimate of drug-likeness (QED) is 0.724. The lowest BCUT2D eigenvalue weighted by atomic mass is 9.94. The number of likely N-dealkylation sites (tertiary alicyclic amines) is 1. The molecule has 0 spiro atoms. The molecule has 0 radical (unpaired) electrons. The van der Waals surface area contributed by atoms with Crippen molar-refractivity contribution in [2.24, 2.45) is 5.41 Å². The summed E-state index contributed by atoms with van der Waals surface area (Å²) in [5.41, 5.74) is -0.240. The van der Waals surface area contributed by atoms with Crippen molar-refractivity contribution in [3.63, 3.8) is 0 Å². The molecule has 0 saturated carbocycles. The molecule has 1 heterocycles. The summed E-state index contributed by atoms with van der Waals surface area (Å²) in [7, 11) is 1.94. The monoisotopic (exact) mass is 198 g/mol. The highest BCUT2D eigenvalue weighted by Gasteiger charge is 2.34. The molecule has 1 aliphatic rings. The zero-order valence-electron chi connectivity index (χ0n) is 9.76. The maximum Gasteiger partial charge on any atom is 0.228 e. The van der Waals surface area contributed by atoms with Crippen LogP contribution < -0.4 is 5.32 Å². The van der Waals surface area contributed by atoms with E-state index < -0.39 is 0 Å². The van der Waals surface area contributed by atoms with Crippen LogP contribution in [0.15, 0.2) is 0 Å². The van der Waals surface area contributed by atoms with E-state index in [1.54, 1.807) is 0 Å². The van der Waals surface area contributed by atoms with E-state index in [0.29, 0.717) is 6.04 Å². The van der Waals surface area contributed by atoms with Crippen molar-refractivity contribution < 1.29 is 4.79 Å². The summed E-state index contributed by atoms with van der Waals surface area (Å²) >= 11 is 0. The summed E-state index contributed by atoms with van der Waals surface area (Å²) in [5, 5.41) is 3.15. The zero-order chi connectivity index (χ0) is 10.8. The molecule has 82 valence electrons. The fraction of sp³-hybridized carbons (Fsp3) is 0.909. The minimum atomic E-state index is -0.240. The van der Waals surface area contributed by atoms with Gasteiger partial charge in [0.2, 0.25) is 5.91 Å². The van der Waals surface area contributed by atoms with Crippen LogP contribution in [0.3, 0.4) is 0 Å². The van der Waals surface area contributed by atoms with Gasteiger partial charge < -0.3 is 10.2 Å². The predicted molar refractivity (Wildman–Crippen MR) is 58.1 cm³/mol. The average molecular weight is 198 g/mol. The molecule has 1 rings (SSSR count). The van der Waals surface area contributed by atoms with E-state index in [4.69, 9.17) is 0 Å². The topological polar surface area (TPSA) is 32.3 Å². The second kappa shape index (κ2) is 4.30. The molecule has 0 bridgehead atoms. The number of rotatable bonds is 2. The summed E-state index contributed by atoms with van der Waals surface area (Å²) < 4.78 is 0. The van der Waals surface area contributed by atoms with Crippen molar-refractivity contribution in [2.75, 3.05) is 20.1 Å². The molecule has 0 aliphatic carbocycles. The number of carbonyl (C=O) groups excluding carboxylic acids is 1. The molecule has 14 heavy (non-hydrogen) atoms. The Bertz CT molecular complexity index is 208. The fourth-order valence-corrected chi connectivity index (χ4v) is 1.98. The number of likely N-dealkylation sites (N-methyl/N-ethyl adjacent to an activating group) is 1. The average Bonchev–Trinajstić information content (AvgIpc) is 2.50. The molecule has 1 atom stereocenters. The minimum Gasteiger partial charge on any atom is -0.338 e. The van der Waals surface area contributed by atoms with E-state index in [1.807, 2.05) is 32.7 Å². The fourth-order valence-electron chi connectivity index (χ4n) is 1.98. The molecule has 1 fully saturated rings. The molecular weight excluding hydrogens is 176 g/mol. The van der Waals surface area contributed by atoms with E-state index in [9.17, 15) is 4.79 Å². The van der Waals surface area contributed by atoms with Crippen molar-refractivity contribution in [3.8, 4) is 0 Å². The third kappa shape index (κ3) is 2.47. The van der Waals surface area contributed by atoms with Crippen molar-refractivity contribution in [1.29, 1.82) is 0 Å². The van der Waals surface area contributed by atoms with Crippen LogP contribution in [-0.4, -0.2) is 37.0 Å². The van der Waals surface area contributed by atoms with Gasteiger partial charge >= 0.3 is 0 Å². The molecule has 1 aliphatic heterocycles. The second-order valence-electron chi connectivity index (χ2n) is 5.10. The first kappa shape index (κ1) is 11.5. The number of nitrogens with one attached hydrogen (secondary N) is 1. The summed E-state index contributed by atoms with van der Waals surface area (Å²) in [6, 6.07) is 0.409. The third-order valence-corrected chi connectivity index (χ3v) is 2.72. The Hall–Kier alpha value is -0.570. The van der Waals surface area contributed by atoms with Gasteiger partial charge in [-0.1, -0.05) is 20.8 Å². The number of nitrogens with zero attached hydrogens (tertiary/aromatic N) is 1. The van der Waals surface area contributed by atoms with Crippen molar-refractivity contribution >= 4 is 5.91 Å². The molecule has 1 unspecified atom stereocenters. The van der Waals surface area contributed by atoms with Gasteiger partial charge in [0.1, 0.15) is 0 Å². The first-order valence-electron chi connectivity index (χ1n) is 5.42. The van der Waals surface area contributed by atoms with Gasteiger partial charge in [0.25, 0.3) is 0 Å². The molecule has 0 aromatic rings. The van der Waals surface area contributed by atoms with Crippen LogP contribution in [0.4, 0.5) is 0 Å². The van der Waals surface area contributed by atoms with Crippen LogP contribution in [0.25, 0.3) is 0 Å². The highest BCUT2D eigenvalue weighted by Crippen LogP contribution is 2.24. The molecule has 0 aromatic carbocycles. The summed E-state index contributed by atoms with van der Waals surface area (Å²) in [6.45, 7) is 7.82. The first-order chi connectivity index (χ1) is 6.46.